The van der Waals surface area contributed by atoms with Crippen LogP contribution in [0, 0.1) is 5.41 Å². The van der Waals surface area contributed by atoms with Crippen molar-refractivity contribution in [1.82, 2.24) is 9.80 Å². The number of rotatable bonds is 4. The number of carbonyl (C=O) groups is 2. The summed E-state index contributed by atoms with van der Waals surface area (Å²) in [6.07, 6.45) is 1.01. The Morgan fingerprint density at radius 1 is 1.53 bits per heavy atom. The molecule has 1 spiro atoms. The predicted octanol–water partition coefficient (Wildman–Crippen LogP) is -1.90. The molecule has 0 bridgehead atoms. The van der Waals surface area contributed by atoms with Crippen molar-refractivity contribution in [2.45, 2.75) is 32.0 Å². The molecule has 2 heterocycles. The standard InChI is InChI=1S/C12H21N3O4/c1-8(17)14-4-2-3-12(6-14)7-15(11(12)19)9(5-16)10(13)18/h8-9,16-17H,2-7H2,1H3,(H2,13,18)/t8?,9-,12?/m0/s1. The Balaban J connectivity index is 2.05. The zero-order chi connectivity index (χ0) is 14.2. The van der Waals surface area contributed by atoms with Crippen LogP contribution in [0.4, 0.5) is 0 Å². The van der Waals surface area contributed by atoms with Crippen molar-refractivity contribution in [1.29, 1.82) is 0 Å². The van der Waals surface area contributed by atoms with Crippen LogP contribution in [0.5, 0.6) is 0 Å². The lowest BCUT2D eigenvalue weighted by Gasteiger charge is -2.55. The molecular weight excluding hydrogens is 250 g/mol. The second-order valence-corrected chi connectivity index (χ2v) is 5.52. The van der Waals surface area contributed by atoms with Gasteiger partial charge in [-0.1, -0.05) is 0 Å². The monoisotopic (exact) mass is 271 g/mol. The van der Waals surface area contributed by atoms with E-state index in [-0.39, 0.29) is 5.91 Å². The number of amides is 2. The number of primary amides is 1. The number of carbonyl (C=O) groups excluding carboxylic acids is 2. The first-order chi connectivity index (χ1) is 8.91. The number of aliphatic hydroxyl groups excluding tert-OH is 2. The molecule has 2 aliphatic heterocycles. The molecular formula is C12H21N3O4. The Morgan fingerprint density at radius 2 is 2.21 bits per heavy atom. The summed E-state index contributed by atoms with van der Waals surface area (Å²) in [5.41, 5.74) is 4.65. The van der Waals surface area contributed by atoms with Gasteiger partial charge in [0.1, 0.15) is 12.3 Å². The highest BCUT2D eigenvalue weighted by atomic mass is 16.3. The van der Waals surface area contributed by atoms with Gasteiger partial charge >= 0.3 is 0 Å². The summed E-state index contributed by atoms with van der Waals surface area (Å²) in [5.74, 6) is -0.829. The van der Waals surface area contributed by atoms with Crippen LogP contribution in [0.15, 0.2) is 0 Å². The fourth-order valence-corrected chi connectivity index (χ4v) is 3.06. The SMILES string of the molecule is CC(O)N1CCCC2(C1)CN([C@@H](CO)C(N)=O)C2=O. The lowest BCUT2D eigenvalue weighted by Crippen LogP contribution is -2.71. The third kappa shape index (κ3) is 2.33. The molecule has 0 aromatic carbocycles. The van der Waals surface area contributed by atoms with E-state index in [9.17, 15) is 14.7 Å². The summed E-state index contributed by atoms with van der Waals surface area (Å²) in [4.78, 5) is 26.7. The van der Waals surface area contributed by atoms with Crippen LogP contribution in [0.3, 0.4) is 0 Å². The molecule has 0 aliphatic carbocycles. The lowest BCUT2D eigenvalue weighted by molar-refractivity contribution is -0.178. The number of hydrogen-bond acceptors (Lipinski definition) is 5. The maximum absolute atomic E-state index is 12.3. The highest BCUT2D eigenvalue weighted by molar-refractivity contribution is 5.94. The molecule has 3 atom stereocenters. The van der Waals surface area contributed by atoms with E-state index < -0.39 is 30.2 Å². The van der Waals surface area contributed by atoms with Crippen molar-refractivity contribution < 1.29 is 19.8 Å². The van der Waals surface area contributed by atoms with Crippen molar-refractivity contribution in [3.63, 3.8) is 0 Å². The lowest BCUT2D eigenvalue weighted by atomic mass is 9.71. The Morgan fingerprint density at radius 3 is 2.68 bits per heavy atom. The van der Waals surface area contributed by atoms with Crippen LogP contribution < -0.4 is 5.73 Å². The van der Waals surface area contributed by atoms with Crippen molar-refractivity contribution in [2.24, 2.45) is 11.1 Å². The molecule has 7 heteroatoms. The second kappa shape index (κ2) is 5.07. The topological polar surface area (TPSA) is 107 Å². The van der Waals surface area contributed by atoms with E-state index in [0.717, 1.165) is 19.4 Å². The zero-order valence-corrected chi connectivity index (χ0v) is 11.1. The predicted molar refractivity (Wildman–Crippen MR) is 66.7 cm³/mol. The largest absolute Gasteiger partial charge is 0.394 e. The van der Waals surface area contributed by atoms with Gasteiger partial charge in [-0.15, -0.1) is 0 Å². The Hall–Kier alpha value is -1.18. The number of likely N-dealkylation sites (tertiary alicyclic amines) is 2. The molecule has 0 saturated carbocycles. The van der Waals surface area contributed by atoms with Crippen molar-refractivity contribution in [3.8, 4) is 0 Å². The molecule has 108 valence electrons. The van der Waals surface area contributed by atoms with Crippen LogP contribution in [-0.4, -0.2) is 70.3 Å². The van der Waals surface area contributed by atoms with Crippen LogP contribution in [0.2, 0.25) is 0 Å². The molecule has 2 fully saturated rings. The molecule has 2 saturated heterocycles. The van der Waals surface area contributed by atoms with Crippen molar-refractivity contribution in [2.75, 3.05) is 26.2 Å². The molecule has 4 N–H and O–H groups in total. The normalized spacial score (nSPS) is 31.1. The molecule has 2 rings (SSSR count). The van der Waals surface area contributed by atoms with E-state index in [1.54, 1.807) is 6.92 Å². The first-order valence-electron chi connectivity index (χ1n) is 6.54. The van der Waals surface area contributed by atoms with Gasteiger partial charge in [-0.25, -0.2) is 0 Å². The summed E-state index contributed by atoms with van der Waals surface area (Å²) in [6.45, 7) is 2.92. The number of β-lactam (4-membered cyclic amide) rings is 1. The average Bonchev–Trinajstić information content (AvgIpc) is 2.38. The summed E-state index contributed by atoms with van der Waals surface area (Å²) in [6, 6.07) is -0.931. The van der Waals surface area contributed by atoms with E-state index in [4.69, 9.17) is 10.8 Å². The van der Waals surface area contributed by atoms with Gasteiger partial charge in [-0.3, -0.25) is 14.5 Å². The Bertz CT molecular complexity index is 387. The summed E-state index contributed by atoms with van der Waals surface area (Å²) in [5, 5.41) is 18.7. The van der Waals surface area contributed by atoms with E-state index >= 15 is 0 Å². The molecule has 19 heavy (non-hydrogen) atoms. The van der Waals surface area contributed by atoms with E-state index in [0.29, 0.717) is 13.1 Å². The molecule has 0 aromatic rings. The first-order valence-corrected chi connectivity index (χ1v) is 6.54. The minimum atomic E-state index is -0.931. The number of nitrogens with two attached hydrogens (primary N) is 1. The van der Waals surface area contributed by atoms with Crippen molar-refractivity contribution in [3.05, 3.63) is 0 Å². The quantitative estimate of drug-likeness (QED) is 0.517. The van der Waals surface area contributed by atoms with Gasteiger partial charge in [-0.2, -0.15) is 0 Å². The van der Waals surface area contributed by atoms with Gasteiger partial charge in [0.2, 0.25) is 11.8 Å². The second-order valence-electron chi connectivity index (χ2n) is 5.52. The first kappa shape index (κ1) is 14.2. The molecule has 2 amide bonds. The smallest absolute Gasteiger partial charge is 0.242 e. The summed E-state index contributed by atoms with van der Waals surface area (Å²) < 4.78 is 0. The fraction of sp³-hybridized carbons (Fsp3) is 0.833. The van der Waals surface area contributed by atoms with E-state index in [1.807, 2.05) is 4.90 Å². The minimum Gasteiger partial charge on any atom is -0.394 e. The highest BCUT2D eigenvalue weighted by Gasteiger charge is 2.56. The van der Waals surface area contributed by atoms with Gasteiger partial charge in [-0.05, 0) is 19.8 Å². The van der Waals surface area contributed by atoms with Gasteiger partial charge in [0.25, 0.3) is 0 Å². The Labute approximate surface area is 112 Å². The third-order valence-electron chi connectivity index (χ3n) is 4.20. The number of aliphatic hydroxyl groups is 2. The van der Waals surface area contributed by atoms with Gasteiger partial charge < -0.3 is 20.8 Å². The summed E-state index contributed by atoms with van der Waals surface area (Å²) >= 11 is 0. The number of piperidine rings is 1. The highest BCUT2D eigenvalue weighted by Crippen LogP contribution is 2.41. The van der Waals surface area contributed by atoms with Gasteiger partial charge in [0.15, 0.2) is 0 Å². The minimum absolute atomic E-state index is 0.143. The Kier molecular flexibility index (Phi) is 3.80. The molecule has 7 nitrogen and oxygen atoms in total. The van der Waals surface area contributed by atoms with Gasteiger partial charge in [0, 0.05) is 19.6 Å². The maximum atomic E-state index is 12.3. The zero-order valence-electron chi connectivity index (χ0n) is 11.1. The molecule has 0 aromatic heterocycles. The third-order valence-corrected chi connectivity index (χ3v) is 4.20. The maximum Gasteiger partial charge on any atom is 0.242 e. The van der Waals surface area contributed by atoms with Crippen LogP contribution in [0.1, 0.15) is 19.8 Å². The molecule has 2 aliphatic rings. The van der Waals surface area contributed by atoms with Crippen LogP contribution in [-0.2, 0) is 9.59 Å². The fourth-order valence-electron chi connectivity index (χ4n) is 3.06. The van der Waals surface area contributed by atoms with E-state index in [2.05, 4.69) is 0 Å². The molecule has 2 unspecified atom stereocenters. The number of hydrogen-bond donors (Lipinski definition) is 3. The van der Waals surface area contributed by atoms with Crippen LogP contribution >= 0.6 is 0 Å². The number of nitrogens with zero attached hydrogens (tertiary/aromatic N) is 2. The van der Waals surface area contributed by atoms with Crippen molar-refractivity contribution >= 4 is 11.8 Å². The van der Waals surface area contributed by atoms with E-state index in [1.165, 1.54) is 4.90 Å². The van der Waals surface area contributed by atoms with Gasteiger partial charge in [0.05, 0.1) is 12.0 Å². The average molecular weight is 271 g/mol. The van der Waals surface area contributed by atoms with Crippen LogP contribution in [0.25, 0.3) is 0 Å². The molecule has 0 radical (unpaired) electrons. The summed E-state index contributed by atoms with van der Waals surface area (Å²) in [7, 11) is 0.